The van der Waals surface area contributed by atoms with Gasteiger partial charge < -0.3 is 0 Å². The second-order valence-electron chi connectivity index (χ2n) is 9.12. The summed E-state index contributed by atoms with van der Waals surface area (Å²) in [6.07, 6.45) is 39.4. The summed E-state index contributed by atoms with van der Waals surface area (Å²) in [4.78, 5) is 0. The van der Waals surface area contributed by atoms with Crippen molar-refractivity contribution in [2.24, 2.45) is 0 Å². The highest BCUT2D eigenvalue weighted by Gasteiger charge is 1.95. The van der Waals surface area contributed by atoms with Gasteiger partial charge in [-0.25, -0.2) is 0 Å². The van der Waals surface area contributed by atoms with Crippen LogP contribution in [0.5, 0.6) is 0 Å². The topological polar surface area (TPSA) is 0 Å². The zero-order valence-electron chi connectivity index (χ0n) is 20.1. The molecule has 0 bridgehead atoms. The van der Waals surface area contributed by atoms with Gasteiger partial charge in [0.15, 0.2) is 0 Å². The highest BCUT2D eigenvalue weighted by molar-refractivity contribution is 4.81. The van der Waals surface area contributed by atoms with E-state index in [0.29, 0.717) is 0 Å². The van der Waals surface area contributed by atoms with Crippen LogP contribution in [0.3, 0.4) is 0 Å². The molecule has 0 aromatic heterocycles. The zero-order chi connectivity index (χ0) is 20.4. The Bertz CT molecular complexity index is 278. The molecule has 0 heterocycles. The van der Waals surface area contributed by atoms with Crippen LogP contribution in [0.15, 0.2) is 12.2 Å². The van der Waals surface area contributed by atoms with Gasteiger partial charge in [0.2, 0.25) is 0 Å². The van der Waals surface area contributed by atoms with Crippen molar-refractivity contribution in [2.75, 3.05) is 0 Å². The molecule has 0 nitrogen and oxygen atoms in total. The van der Waals surface area contributed by atoms with Crippen LogP contribution in [0.25, 0.3) is 0 Å². The first kappa shape index (κ1) is 27.7. The quantitative estimate of drug-likeness (QED) is 0.113. The van der Waals surface area contributed by atoms with Crippen LogP contribution >= 0.6 is 0 Å². The van der Waals surface area contributed by atoms with Crippen molar-refractivity contribution in [1.82, 2.24) is 0 Å². The minimum atomic E-state index is 1.30. The molecule has 0 N–H and O–H groups in total. The van der Waals surface area contributed by atoms with Crippen molar-refractivity contribution in [3.8, 4) is 0 Å². The van der Waals surface area contributed by atoms with Crippen LogP contribution < -0.4 is 0 Å². The molecule has 0 rings (SSSR count). The van der Waals surface area contributed by atoms with E-state index in [1.807, 2.05) is 0 Å². The Morgan fingerprint density at radius 1 is 0.286 bits per heavy atom. The van der Waals surface area contributed by atoms with Crippen LogP contribution in [-0.2, 0) is 0 Å². The van der Waals surface area contributed by atoms with Crippen LogP contribution in [-0.4, -0.2) is 0 Å². The van der Waals surface area contributed by atoms with E-state index in [0.717, 1.165) is 0 Å². The van der Waals surface area contributed by atoms with E-state index in [1.165, 1.54) is 154 Å². The van der Waals surface area contributed by atoms with Crippen LogP contribution in [0.4, 0.5) is 0 Å². The Balaban J connectivity index is 3.01. The van der Waals surface area contributed by atoms with E-state index >= 15 is 0 Å². The minimum absolute atomic E-state index is 1.30. The predicted octanol–water partition coefficient (Wildman–Crippen LogP) is 10.9. The molecule has 0 amide bonds. The molecular formula is C28H56. The fraction of sp³-hybridized carbons (Fsp3) is 0.929. The highest BCUT2D eigenvalue weighted by Crippen LogP contribution is 2.15. The van der Waals surface area contributed by atoms with Gasteiger partial charge in [-0.15, -0.1) is 0 Å². The van der Waals surface area contributed by atoms with Crippen molar-refractivity contribution < 1.29 is 0 Å². The van der Waals surface area contributed by atoms with Crippen molar-refractivity contribution in [2.45, 2.75) is 168 Å². The summed E-state index contributed by atoms with van der Waals surface area (Å²) in [6, 6.07) is 0. The lowest BCUT2D eigenvalue weighted by atomic mass is 10.0. The smallest absolute Gasteiger partial charge is 0.0351 e. The van der Waals surface area contributed by atoms with Gasteiger partial charge >= 0.3 is 0 Å². The third kappa shape index (κ3) is 25.7. The van der Waals surface area contributed by atoms with Gasteiger partial charge in [-0.1, -0.05) is 154 Å². The molecule has 0 aliphatic heterocycles. The summed E-state index contributed by atoms with van der Waals surface area (Å²) >= 11 is 0. The van der Waals surface area contributed by atoms with Crippen molar-refractivity contribution in [1.29, 1.82) is 0 Å². The summed E-state index contributed by atoms with van der Waals surface area (Å²) < 4.78 is 0. The van der Waals surface area contributed by atoms with Crippen molar-refractivity contribution >= 4 is 0 Å². The van der Waals surface area contributed by atoms with Gasteiger partial charge in [-0.05, 0) is 25.7 Å². The Labute approximate surface area is 180 Å². The third-order valence-corrected chi connectivity index (χ3v) is 6.12. The first-order valence-electron chi connectivity index (χ1n) is 13.6. The average molecular weight is 393 g/mol. The fourth-order valence-corrected chi connectivity index (χ4v) is 4.09. The fourth-order valence-electron chi connectivity index (χ4n) is 4.09. The highest BCUT2D eigenvalue weighted by atomic mass is 14.0. The molecule has 0 radical (unpaired) electrons. The number of rotatable bonds is 24. The maximum atomic E-state index is 2.42. The van der Waals surface area contributed by atoms with Crippen LogP contribution in [0, 0.1) is 0 Å². The Morgan fingerprint density at radius 2 is 0.500 bits per heavy atom. The standard InChI is InChI=1S/C28H56/c1-3-5-7-9-11-13-15-17-19-21-23-25-27-28-26-24-22-20-18-16-14-12-10-8-6-4-2/h11,13H,3-10,12,14-28H2,1-2H3. The molecule has 0 saturated carbocycles. The van der Waals surface area contributed by atoms with Gasteiger partial charge in [-0.3, -0.25) is 0 Å². The molecule has 0 fully saturated rings. The molecule has 0 atom stereocenters. The molecule has 28 heavy (non-hydrogen) atoms. The van der Waals surface area contributed by atoms with E-state index in [-0.39, 0.29) is 0 Å². The van der Waals surface area contributed by atoms with E-state index in [9.17, 15) is 0 Å². The summed E-state index contributed by atoms with van der Waals surface area (Å²) in [7, 11) is 0. The summed E-state index contributed by atoms with van der Waals surface area (Å²) in [5.74, 6) is 0. The number of allylic oxidation sites excluding steroid dienone is 2. The van der Waals surface area contributed by atoms with Gasteiger partial charge in [0.25, 0.3) is 0 Å². The lowest BCUT2D eigenvalue weighted by Crippen LogP contribution is -1.84. The average Bonchev–Trinajstić information content (AvgIpc) is 2.71. The molecule has 0 heteroatoms. The molecule has 0 aromatic rings. The first-order chi connectivity index (χ1) is 13.9. The largest absolute Gasteiger partial charge is 0.0885 e. The van der Waals surface area contributed by atoms with Crippen molar-refractivity contribution in [3.05, 3.63) is 12.2 Å². The molecule has 0 aliphatic carbocycles. The van der Waals surface area contributed by atoms with E-state index < -0.39 is 0 Å². The maximum absolute atomic E-state index is 2.42. The summed E-state index contributed by atoms with van der Waals surface area (Å²) in [5.41, 5.74) is 0. The number of unbranched alkanes of at least 4 members (excludes halogenated alkanes) is 22. The third-order valence-electron chi connectivity index (χ3n) is 6.12. The first-order valence-corrected chi connectivity index (χ1v) is 13.6. The zero-order valence-corrected chi connectivity index (χ0v) is 20.1. The molecular weight excluding hydrogens is 336 g/mol. The van der Waals surface area contributed by atoms with E-state index in [2.05, 4.69) is 26.0 Å². The van der Waals surface area contributed by atoms with Gasteiger partial charge in [0.05, 0.1) is 0 Å². The molecule has 0 saturated heterocycles. The van der Waals surface area contributed by atoms with Gasteiger partial charge in [-0.2, -0.15) is 0 Å². The van der Waals surface area contributed by atoms with E-state index in [4.69, 9.17) is 0 Å². The lowest BCUT2D eigenvalue weighted by Gasteiger charge is -2.03. The van der Waals surface area contributed by atoms with Gasteiger partial charge in [0, 0.05) is 0 Å². The van der Waals surface area contributed by atoms with Crippen LogP contribution in [0.1, 0.15) is 168 Å². The molecule has 0 spiro atoms. The predicted molar refractivity (Wildman–Crippen MR) is 131 cm³/mol. The Hall–Kier alpha value is -0.260. The van der Waals surface area contributed by atoms with E-state index in [1.54, 1.807) is 0 Å². The molecule has 0 aliphatic rings. The summed E-state index contributed by atoms with van der Waals surface area (Å²) in [6.45, 7) is 4.58. The summed E-state index contributed by atoms with van der Waals surface area (Å²) in [5, 5.41) is 0. The normalized spacial score (nSPS) is 11.6. The lowest BCUT2D eigenvalue weighted by molar-refractivity contribution is 0.523. The molecule has 0 aromatic carbocycles. The molecule has 168 valence electrons. The minimum Gasteiger partial charge on any atom is -0.0885 e. The SMILES string of the molecule is CCCCCC=CCCCCCCCCCCCCCCCCCCCCC. The monoisotopic (exact) mass is 392 g/mol. The van der Waals surface area contributed by atoms with Crippen molar-refractivity contribution in [3.63, 3.8) is 0 Å². The Kier molecular flexibility index (Phi) is 26.5. The number of hydrogen-bond acceptors (Lipinski definition) is 0. The second-order valence-corrected chi connectivity index (χ2v) is 9.12. The van der Waals surface area contributed by atoms with Gasteiger partial charge in [0.1, 0.15) is 0 Å². The number of hydrogen-bond donors (Lipinski definition) is 0. The van der Waals surface area contributed by atoms with Crippen LogP contribution in [0.2, 0.25) is 0 Å². The second kappa shape index (κ2) is 26.7. The Morgan fingerprint density at radius 3 is 0.821 bits per heavy atom. The molecule has 0 unspecified atom stereocenters. The maximum Gasteiger partial charge on any atom is -0.0351 e.